The number of aliphatic hydroxyl groups is 1. The Kier molecular flexibility index (Phi) is 5.72. The van der Waals surface area contributed by atoms with E-state index in [0.29, 0.717) is 13.1 Å². The number of hydrogen-bond acceptors (Lipinski definition) is 3. The fourth-order valence-electron chi connectivity index (χ4n) is 4.54. The molecular formula is C23H26FN3O3. The summed E-state index contributed by atoms with van der Waals surface area (Å²) in [6.07, 6.45) is 0.832. The molecule has 3 amide bonds. The van der Waals surface area contributed by atoms with Crippen molar-refractivity contribution in [1.29, 1.82) is 0 Å². The number of benzene rings is 2. The lowest BCUT2D eigenvalue weighted by Gasteiger charge is -2.58. The standard InChI is InChI=1S/C23H26FN3O3/c1-2-11-25-23(30)26-12-19-22(20(14-28)27(19)21(29)13-26)17-5-3-15(4-6-17)16-7-9-18(24)10-8-16/h3-10,19-20,22,28H,2,11-14H2,1H3,(H,25,30)/t19-,20-,22-/m1/s1. The Bertz CT molecular complexity index is 916. The number of hydrogen-bond donors (Lipinski definition) is 2. The highest BCUT2D eigenvalue weighted by Crippen LogP contribution is 2.43. The van der Waals surface area contributed by atoms with Gasteiger partial charge in [-0.25, -0.2) is 9.18 Å². The minimum absolute atomic E-state index is 0.0389. The van der Waals surface area contributed by atoms with Crippen molar-refractivity contribution in [2.75, 3.05) is 26.2 Å². The number of rotatable bonds is 5. The predicted molar refractivity (Wildman–Crippen MR) is 111 cm³/mol. The minimum Gasteiger partial charge on any atom is -0.394 e. The molecule has 2 heterocycles. The summed E-state index contributed by atoms with van der Waals surface area (Å²) in [6, 6.07) is 13.6. The van der Waals surface area contributed by atoms with Crippen LogP contribution in [-0.2, 0) is 4.79 Å². The number of urea groups is 1. The molecule has 0 saturated carbocycles. The second kappa shape index (κ2) is 8.44. The lowest BCUT2D eigenvalue weighted by Crippen LogP contribution is -2.73. The first-order valence-corrected chi connectivity index (χ1v) is 10.3. The van der Waals surface area contributed by atoms with Crippen LogP contribution in [0.25, 0.3) is 11.1 Å². The number of aliphatic hydroxyl groups excluding tert-OH is 1. The van der Waals surface area contributed by atoms with Crippen molar-refractivity contribution < 1.29 is 19.1 Å². The zero-order chi connectivity index (χ0) is 21.3. The van der Waals surface area contributed by atoms with Gasteiger partial charge in [-0.15, -0.1) is 0 Å². The number of halogens is 1. The van der Waals surface area contributed by atoms with Gasteiger partial charge in [0.15, 0.2) is 0 Å². The van der Waals surface area contributed by atoms with Crippen molar-refractivity contribution in [2.24, 2.45) is 0 Å². The lowest BCUT2D eigenvalue weighted by molar-refractivity contribution is -0.159. The van der Waals surface area contributed by atoms with Crippen molar-refractivity contribution in [2.45, 2.75) is 31.3 Å². The van der Waals surface area contributed by atoms with Crippen molar-refractivity contribution in [1.82, 2.24) is 15.1 Å². The van der Waals surface area contributed by atoms with Gasteiger partial charge in [0.2, 0.25) is 5.91 Å². The molecule has 6 nitrogen and oxygen atoms in total. The highest BCUT2D eigenvalue weighted by atomic mass is 19.1. The molecule has 2 aromatic rings. The molecule has 0 radical (unpaired) electrons. The fraction of sp³-hybridized carbons (Fsp3) is 0.391. The molecule has 0 aromatic heterocycles. The first kappa shape index (κ1) is 20.3. The lowest BCUT2D eigenvalue weighted by atomic mass is 9.73. The Balaban J connectivity index is 1.53. The fourth-order valence-corrected chi connectivity index (χ4v) is 4.54. The molecule has 2 fully saturated rings. The summed E-state index contributed by atoms with van der Waals surface area (Å²) in [5, 5.41) is 12.7. The Morgan fingerprint density at radius 3 is 2.37 bits per heavy atom. The maximum atomic E-state index is 13.2. The third kappa shape index (κ3) is 3.65. The van der Waals surface area contributed by atoms with E-state index in [0.717, 1.165) is 23.1 Å². The van der Waals surface area contributed by atoms with Gasteiger partial charge in [-0.2, -0.15) is 0 Å². The normalized spacial score (nSPS) is 23.0. The zero-order valence-electron chi connectivity index (χ0n) is 16.9. The highest BCUT2D eigenvalue weighted by Gasteiger charge is 2.54. The molecule has 2 aromatic carbocycles. The monoisotopic (exact) mass is 411 g/mol. The molecule has 0 aliphatic carbocycles. The van der Waals surface area contributed by atoms with E-state index < -0.39 is 0 Å². The molecule has 0 bridgehead atoms. The highest BCUT2D eigenvalue weighted by molar-refractivity contribution is 5.87. The molecule has 0 spiro atoms. The maximum absolute atomic E-state index is 13.2. The molecule has 2 aliphatic heterocycles. The SMILES string of the molecule is CCCNC(=O)N1CC(=O)N2[C@H](CO)[C@H](c3ccc(-c4ccc(F)cc4)cc3)[C@H]2C1. The van der Waals surface area contributed by atoms with E-state index >= 15 is 0 Å². The Labute approximate surface area is 175 Å². The van der Waals surface area contributed by atoms with E-state index in [2.05, 4.69) is 5.32 Å². The van der Waals surface area contributed by atoms with Gasteiger partial charge in [-0.3, -0.25) is 4.79 Å². The average Bonchev–Trinajstić information content (AvgIpc) is 2.74. The number of piperazine rings is 1. The average molecular weight is 411 g/mol. The first-order chi connectivity index (χ1) is 14.5. The van der Waals surface area contributed by atoms with Crippen LogP contribution in [0, 0.1) is 5.82 Å². The summed E-state index contributed by atoms with van der Waals surface area (Å²) >= 11 is 0. The zero-order valence-corrected chi connectivity index (χ0v) is 16.9. The van der Waals surface area contributed by atoms with Crippen molar-refractivity contribution >= 4 is 11.9 Å². The van der Waals surface area contributed by atoms with Gasteiger partial charge in [0.25, 0.3) is 0 Å². The topological polar surface area (TPSA) is 72.9 Å². The van der Waals surface area contributed by atoms with Crippen molar-refractivity contribution in [3.8, 4) is 11.1 Å². The van der Waals surface area contributed by atoms with Crippen LogP contribution in [0.3, 0.4) is 0 Å². The Hall–Kier alpha value is -2.93. The first-order valence-electron chi connectivity index (χ1n) is 10.3. The quantitative estimate of drug-likeness (QED) is 0.794. The Morgan fingerprint density at radius 1 is 1.13 bits per heavy atom. The van der Waals surface area contributed by atoms with Crippen LogP contribution in [0.1, 0.15) is 24.8 Å². The summed E-state index contributed by atoms with van der Waals surface area (Å²) in [6.45, 7) is 2.92. The predicted octanol–water partition coefficient (Wildman–Crippen LogP) is 2.58. The van der Waals surface area contributed by atoms with Crippen LogP contribution in [0.15, 0.2) is 48.5 Å². The second-order valence-corrected chi connectivity index (χ2v) is 7.89. The molecule has 0 unspecified atom stereocenters. The largest absolute Gasteiger partial charge is 0.394 e. The van der Waals surface area contributed by atoms with E-state index in [9.17, 15) is 19.1 Å². The molecule has 4 rings (SSSR count). The Morgan fingerprint density at radius 2 is 1.77 bits per heavy atom. The maximum Gasteiger partial charge on any atom is 0.317 e. The van der Waals surface area contributed by atoms with Crippen LogP contribution >= 0.6 is 0 Å². The van der Waals surface area contributed by atoms with Crippen molar-refractivity contribution in [3.63, 3.8) is 0 Å². The number of amides is 3. The number of nitrogens with one attached hydrogen (secondary N) is 1. The van der Waals surface area contributed by atoms with Gasteiger partial charge < -0.3 is 20.2 Å². The van der Waals surface area contributed by atoms with Crippen LogP contribution in [0.4, 0.5) is 9.18 Å². The molecule has 2 N–H and O–H groups in total. The van der Waals surface area contributed by atoms with E-state index in [-0.39, 0.29) is 48.9 Å². The van der Waals surface area contributed by atoms with E-state index in [1.165, 1.54) is 12.1 Å². The minimum atomic E-state index is -0.278. The van der Waals surface area contributed by atoms with E-state index in [1.54, 1.807) is 21.9 Å². The molecule has 158 valence electrons. The second-order valence-electron chi connectivity index (χ2n) is 7.89. The smallest absolute Gasteiger partial charge is 0.317 e. The number of nitrogens with zero attached hydrogens (tertiary/aromatic N) is 2. The van der Waals surface area contributed by atoms with Gasteiger partial charge in [-0.1, -0.05) is 43.3 Å². The van der Waals surface area contributed by atoms with Crippen LogP contribution in [0.2, 0.25) is 0 Å². The molecular weight excluding hydrogens is 385 g/mol. The summed E-state index contributed by atoms with van der Waals surface area (Å²) in [7, 11) is 0. The summed E-state index contributed by atoms with van der Waals surface area (Å²) in [5.74, 6) is -0.440. The molecule has 30 heavy (non-hydrogen) atoms. The summed E-state index contributed by atoms with van der Waals surface area (Å²) in [5.41, 5.74) is 2.91. The van der Waals surface area contributed by atoms with E-state index in [1.807, 2.05) is 31.2 Å². The summed E-state index contributed by atoms with van der Waals surface area (Å²) < 4.78 is 13.2. The van der Waals surface area contributed by atoms with Crippen LogP contribution in [0.5, 0.6) is 0 Å². The molecule has 7 heteroatoms. The number of carbonyl (C=O) groups is 2. The number of fused-ring (bicyclic) bond motifs is 1. The molecule has 3 atom stereocenters. The van der Waals surface area contributed by atoms with Gasteiger partial charge in [-0.05, 0) is 35.2 Å². The third-order valence-electron chi connectivity index (χ3n) is 6.04. The van der Waals surface area contributed by atoms with Gasteiger partial charge in [0.05, 0.1) is 18.7 Å². The van der Waals surface area contributed by atoms with Crippen LogP contribution in [-0.4, -0.2) is 65.2 Å². The van der Waals surface area contributed by atoms with Gasteiger partial charge in [0.1, 0.15) is 12.4 Å². The van der Waals surface area contributed by atoms with Crippen molar-refractivity contribution in [3.05, 3.63) is 59.9 Å². The van der Waals surface area contributed by atoms with Gasteiger partial charge >= 0.3 is 6.03 Å². The van der Waals surface area contributed by atoms with Crippen LogP contribution < -0.4 is 5.32 Å². The summed E-state index contributed by atoms with van der Waals surface area (Å²) in [4.78, 5) is 28.3. The molecule has 2 aliphatic rings. The third-order valence-corrected chi connectivity index (χ3v) is 6.04. The van der Waals surface area contributed by atoms with E-state index in [4.69, 9.17) is 0 Å². The number of carbonyl (C=O) groups excluding carboxylic acids is 2. The van der Waals surface area contributed by atoms with Gasteiger partial charge in [0, 0.05) is 19.0 Å². The molecule has 2 saturated heterocycles.